The Balaban J connectivity index is 1.91. The average molecular weight is 434 g/mol. The zero-order valence-electron chi connectivity index (χ0n) is 18.9. The molecule has 10 heteroatoms. The molecule has 0 unspecified atom stereocenters. The first kappa shape index (κ1) is 21.4. The van der Waals surface area contributed by atoms with Gasteiger partial charge in [-0.15, -0.1) is 0 Å². The first-order chi connectivity index (χ1) is 15.2. The summed E-state index contributed by atoms with van der Waals surface area (Å²) in [5, 5.41) is 10.5. The van der Waals surface area contributed by atoms with Gasteiger partial charge in [0.25, 0.3) is 0 Å². The van der Waals surface area contributed by atoms with Gasteiger partial charge in [0.1, 0.15) is 0 Å². The first-order valence-electron chi connectivity index (χ1n) is 10.5. The van der Waals surface area contributed by atoms with Crippen molar-refractivity contribution in [2.75, 3.05) is 10.6 Å². The second-order valence-electron chi connectivity index (χ2n) is 9.00. The van der Waals surface area contributed by atoms with Crippen molar-refractivity contribution in [1.29, 1.82) is 0 Å². The molecule has 4 rings (SSSR count). The van der Waals surface area contributed by atoms with Gasteiger partial charge in [-0.1, -0.05) is 34.6 Å². The van der Waals surface area contributed by atoms with Gasteiger partial charge >= 0.3 is 0 Å². The number of pyridine rings is 1. The molecule has 4 aromatic heterocycles. The van der Waals surface area contributed by atoms with E-state index in [-0.39, 0.29) is 5.91 Å². The lowest BCUT2D eigenvalue weighted by molar-refractivity contribution is -0.123. The number of hydrogen-bond acceptors (Lipinski definition) is 7. The summed E-state index contributed by atoms with van der Waals surface area (Å²) in [5.74, 6) is 1.49. The molecule has 2 N–H and O–H groups in total. The number of rotatable bonds is 6. The molecule has 0 aliphatic rings. The zero-order chi connectivity index (χ0) is 22.9. The van der Waals surface area contributed by atoms with Crippen LogP contribution in [0.1, 0.15) is 34.6 Å². The molecule has 0 spiro atoms. The second kappa shape index (κ2) is 8.37. The van der Waals surface area contributed by atoms with Crippen LogP contribution >= 0.6 is 0 Å². The van der Waals surface area contributed by atoms with Crippen LogP contribution in [0.4, 0.5) is 17.5 Å². The van der Waals surface area contributed by atoms with Crippen molar-refractivity contribution in [1.82, 2.24) is 34.3 Å². The summed E-state index contributed by atoms with van der Waals surface area (Å²) in [5.41, 5.74) is 1.31. The summed E-state index contributed by atoms with van der Waals surface area (Å²) in [6.07, 6.45) is 6.89. The minimum atomic E-state index is -0.596. The third-order valence-electron chi connectivity index (χ3n) is 4.68. The van der Waals surface area contributed by atoms with Crippen LogP contribution in [0.5, 0.6) is 0 Å². The van der Waals surface area contributed by atoms with E-state index in [2.05, 4.69) is 39.5 Å². The summed E-state index contributed by atoms with van der Waals surface area (Å²) >= 11 is 0. The van der Waals surface area contributed by atoms with Crippen LogP contribution in [0.3, 0.4) is 0 Å². The highest BCUT2D eigenvalue weighted by Gasteiger charge is 2.26. The average Bonchev–Trinajstić information content (AvgIpc) is 3.36. The van der Waals surface area contributed by atoms with E-state index in [0.717, 1.165) is 5.69 Å². The number of carbonyl (C=O) groups excluding carboxylic acids is 1. The molecule has 166 valence electrons. The molecule has 4 aromatic rings. The Morgan fingerprint density at radius 1 is 1.09 bits per heavy atom. The Morgan fingerprint density at radius 3 is 2.47 bits per heavy atom. The fourth-order valence-electron chi connectivity index (χ4n) is 3.09. The van der Waals surface area contributed by atoms with Crippen molar-refractivity contribution in [3.8, 4) is 5.95 Å². The summed E-state index contributed by atoms with van der Waals surface area (Å²) in [6, 6.07) is 5.48. The van der Waals surface area contributed by atoms with E-state index in [1.807, 2.05) is 49.7 Å². The Morgan fingerprint density at radius 2 is 1.84 bits per heavy atom. The lowest BCUT2D eigenvalue weighted by Gasteiger charge is -2.18. The maximum atomic E-state index is 12.8. The van der Waals surface area contributed by atoms with Crippen LogP contribution < -0.4 is 10.6 Å². The molecular formula is C22H27N9O. The number of anilines is 3. The summed E-state index contributed by atoms with van der Waals surface area (Å²) in [7, 11) is 0. The maximum absolute atomic E-state index is 12.8. The van der Waals surface area contributed by atoms with E-state index in [9.17, 15) is 4.79 Å². The van der Waals surface area contributed by atoms with Crippen molar-refractivity contribution in [2.45, 2.75) is 41.2 Å². The Kier molecular flexibility index (Phi) is 5.60. The lowest BCUT2D eigenvalue weighted by Crippen LogP contribution is -2.28. The van der Waals surface area contributed by atoms with E-state index >= 15 is 0 Å². The van der Waals surface area contributed by atoms with Crippen molar-refractivity contribution < 1.29 is 4.79 Å². The minimum absolute atomic E-state index is 0.161. The molecule has 32 heavy (non-hydrogen) atoms. The second-order valence-corrected chi connectivity index (χ2v) is 9.00. The Hall–Kier alpha value is -3.82. The highest BCUT2D eigenvalue weighted by Crippen LogP contribution is 2.28. The van der Waals surface area contributed by atoms with Crippen LogP contribution in [0.25, 0.3) is 17.1 Å². The molecule has 0 bridgehead atoms. The van der Waals surface area contributed by atoms with Crippen LogP contribution in [0.2, 0.25) is 0 Å². The predicted molar refractivity (Wildman–Crippen MR) is 123 cm³/mol. The maximum Gasteiger partial charge on any atom is 0.233 e. The van der Waals surface area contributed by atoms with Gasteiger partial charge in [0.2, 0.25) is 17.8 Å². The molecule has 0 aromatic carbocycles. The van der Waals surface area contributed by atoms with Gasteiger partial charge in [0.05, 0.1) is 0 Å². The minimum Gasteiger partial charge on any atom is -0.324 e. The SMILES string of the molecule is CC(C)Cn1c(-n2cccn2)nc2c(NC(=O)C(C)(C)C)nc(Nc3ccncc3)nc21. The summed E-state index contributed by atoms with van der Waals surface area (Å²) in [6.45, 7) is 10.5. The molecule has 1 amide bonds. The topological polar surface area (TPSA) is 115 Å². The predicted octanol–water partition coefficient (Wildman–Crippen LogP) is 3.79. The van der Waals surface area contributed by atoms with E-state index < -0.39 is 5.41 Å². The van der Waals surface area contributed by atoms with Gasteiger partial charge in [-0.05, 0) is 24.1 Å². The molecule has 0 atom stereocenters. The van der Waals surface area contributed by atoms with E-state index in [1.54, 1.807) is 23.3 Å². The zero-order valence-corrected chi connectivity index (χ0v) is 18.9. The fourth-order valence-corrected chi connectivity index (χ4v) is 3.09. The molecule has 0 aliphatic heterocycles. The number of hydrogen-bond donors (Lipinski definition) is 2. The number of nitrogens with zero attached hydrogens (tertiary/aromatic N) is 7. The Labute approximate surface area is 186 Å². The van der Waals surface area contributed by atoms with Gasteiger partial charge in [-0.25, -0.2) is 9.67 Å². The van der Waals surface area contributed by atoms with Gasteiger partial charge in [-0.2, -0.15) is 15.1 Å². The molecule has 0 fully saturated rings. The normalized spacial score (nSPS) is 11.8. The number of amides is 1. The van der Waals surface area contributed by atoms with Crippen molar-refractivity contribution in [3.63, 3.8) is 0 Å². The van der Waals surface area contributed by atoms with Crippen LogP contribution in [0, 0.1) is 11.3 Å². The molecule has 10 nitrogen and oxygen atoms in total. The van der Waals surface area contributed by atoms with E-state index in [0.29, 0.717) is 41.3 Å². The lowest BCUT2D eigenvalue weighted by atomic mass is 9.96. The molecule has 0 saturated carbocycles. The quantitative estimate of drug-likeness (QED) is 0.475. The molecule has 0 aliphatic carbocycles. The van der Waals surface area contributed by atoms with Crippen molar-refractivity contribution in [2.24, 2.45) is 11.3 Å². The molecular weight excluding hydrogens is 406 g/mol. The van der Waals surface area contributed by atoms with Crippen LogP contribution in [-0.2, 0) is 11.3 Å². The number of nitrogens with one attached hydrogen (secondary N) is 2. The molecule has 4 heterocycles. The van der Waals surface area contributed by atoms with Gasteiger partial charge in [0, 0.05) is 42.4 Å². The summed E-state index contributed by atoms with van der Waals surface area (Å²) < 4.78 is 3.69. The number of fused-ring (bicyclic) bond motifs is 1. The van der Waals surface area contributed by atoms with Gasteiger partial charge in [-0.3, -0.25) is 14.3 Å². The number of carbonyl (C=O) groups is 1. The van der Waals surface area contributed by atoms with E-state index in [1.165, 1.54) is 0 Å². The largest absolute Gasteiger partial charge is 0.324 e. The monoisotopic (exact) mass is 433 g/mol. The van der Waals surface area contributed by atoms with E-state index in [4.69, 9.17) is 9.97 Å². The first-order valence-corrected chi connectivity index (χ1v) is 10.5. The molecule has 0 saturated heterocycles. The van der Waals surface area contributed by atoms with Crippen LogP contribution in [0.15, 0.2) is 43.0 Å². The number of aromatic nitrogens is 7. The Bertz CT molecular complexity index is 1220. The standard InChI is InChI=1S/C22H27N9O/c1-14(2)13-30-18-16(26-21(30)31-12-6-9-24-31)17(27-19(32)22(3,4)5)28-20(29-18)25-15-7-10-23-11-8-15/h6-12,14H,13H2,1-5H3,(H2,23,25,27,28,29,32). The summed E-state index contributed by atoms with van der Waals surface area (Å²) in [4.78, 5) is 30.9. The van der Waals surface area contributed by atoms with Gasteiger partial charge < -0.3 is 10.6 Å². The molecule has 0 radical (unpaired) electrons. The highest BCUT2D eigenvalue weighted by atomic mass is 16.2. The highest BCUT2D eigenvalue weighted by molar-refractivity contribution is 6.00. The van der Waals surface area contributed by atoms with Crippen LogP contribution in [-0.4, -0.2) is 40.2 Å². The fraction of sp³-hybridized carbons (Fsp3) is 0.364. The van der Waals surface area contributed by atoms with Crippen molar-refractivity contribution >= 4 is 34.5 Å². The van der Waals surface area contributed by atoms with Gasteiger partial charge in [0.15, 0.2) is 17.0 Å². The smallest absolute Gasteiger partial charge is 0.233 e. The third kappa shape index (κ3) is 4.43. The number of imidazole rings is 1. The third-order valence-corrected chi connectivity index (χ3v) is 4.68. The van der Waals surface area contributed by atoms with Crippen molar-refractivity contribution in [3.05, 3.63) is 43.0 Å².